The number of alkyl halides is 1. The van der Waals surface area contributed by atoms with Crippen molar-refractivity contribution < 1.29 is 4.79 Å². The predicted molar refractivity (Wildman–Crippen MR) is 53.7 cm³/mol. The van der Waals surface area contributed by atoms with Crippen molar-refractivity contribution in [1.29, 1.82) is 0 Å². The second-order valence-corrected chi connectivity index (χ2v) is 4.78. The molecule has 0 bridgehead atoms. The van der Waals surface area contributed by atoms with Crippen molar-refractivity contribution >= 4 is 28.9 Å². The fourth-order valence-electron chi connectivity index (χ4n) is 0.925. The molecule has 5 heteroatoms. The number of hydrogen-bond acceptors (Lipinski definition) is 4. The number of rotatable bonds is 2. The van der Waals surface area contributed by atoms with Crippen LogP contribution in [0.25, 0.3) is 0 Å². The van der Waals surface area contributed by atoms with Crippen LogP contribution in [0.3, 0.4) is 0 Å². The molecule has 0 atom stereocenters. The van der Waals surface area contributed by atoms with Crippen LogP contribution in [0.2, 0.25) is 0 Å². The summed E-state index contributed by atoms with van der Waals surface area (Å²) in [6, 6.07) is 0. The summed E-state index contributed by atoms with van der Waals surface area (Å²) in [5.74, 6) is -0.103. The maximum absolute atomic E-state index is 11.3. The number of Topliss-reactive ketones (excluding diaryl/α,β-unsaturated/α-hetero) is 1. The van der Waals surface area contributed by atoms with Crippen molar-refractivity contribution in [3.63, 3.8) is 0 Å². The first kappa shape index (κ1) is 10.6. The van der Waals surface area contributed by atoms with E-state index in [0.717, 1.165) is 17.2 Å². The average molecular weight is 219 g/mol. The summed E-state index contributed by atoms with van der Waals surface area (Å²) in [4.78, 5) is 11.9. The minimum absolute atomic E-state index is 0.00699. The number of carbonyl (C=O) groups excluding carboxylic acids is 1. The van der Waals surface area contributed by atoms with Crippen LogP contribution in [0.4, 0.5) is 0 Å². The molecule has 0 N–H and O–H groups in total. The zero-order chi connectivity index (χ0) is 10.1. The van der Waals surface area contributed by atoms with Crippen molar-refractivity contribution in [2.24, 2.45) is 0 Å². The molecule has 0 saturated heterocycles. The minimum Gasteiger partial charge on any atom is -0.292 e. The van der Waals surface area contributed by atoms with Gasteiger partial charge in [0.15, 0.2) is 5.78 Å². The van der Waals surface area contributed by atoms with Gasteiger partial charge in [-0.1, -0.05) is 25.3 Å². The van der Waals surface area contributed by atoms with Crippen LogP contribution in [0.15, 0.2) is 0 Å². The molecule has 72 valence electrons. The Morgan fingerprint density at radius 3 is 2.62 bits per heavy atom. The SMILES string of the molecule is CC(C)(C)c1nnsc1C(=O)CCl. The smallest absolute Gasteiger partial charge is 0.191 e. The van der Waals surface area contributed by atoms with Gasteiger partial charge in [-0.05, 0) is 11.5 Å². The van der Waals surface area contributed by atoms with Gasteiger partial charge in [-0.25, -0.2) is 0 Å². The van der Waals surface area contributed by atoms with E-state index in [-0.39, 0.29) is 17.1 Å². The molecule has 0 unspecified atom stereocenters. The van der Waals surface area contributed by atoms with E-state index in [1.165, 1.54) is 0 Å². The average Bonchev–Trinajstić information content (AvgIpc) is 2.49. The molecule has 0 radical (unpaired) electrons. The molecule has 0 aliphatic rings. The highest BCUT2D eigenvalue weighted by Crippen LogP contribution is 2.26. The Morgan fingerprint density at radius 2 is 2.15 bits per heavy atom. The summed E-state index contributed by atoms with van der Waals surface area (Å²) in [7, 11) is 0. The molecule has 0 aliphatic heterocycles. The highest BCUT2D eigenvalue weighted by Gasteiger charge is 2.25. The van der Waals surface area contributed by atoms with E-state index >= 15 is 0 Å². The zero-order valence-corrected chi connectivity index (χ0v) is 9.37. The third-order valence-electron chi connectivity index (χ3n) is 1.57. The first-order valence-corrected chi connectivity index (χ1v) is 5.19. The van der Waals surface area contributed by atoms with Crippen LogP contribution in [-0.2, 0) is 5.41 Å². The fraction of sp³-hybridized carbons (Fsp3) is 0.625. The standard InChI is InChI=1S/C8H11ClN2OS/c1-8(2,3)7-6(5(12)4-9)13-11-10-7/h4H2,1-3H3. The lowest BCUT2D eigenvalue weighted by Crippen LogP contribution is -2.16. The number of nitrogens with zero attached hydrogens (tertiary/aromatic N) is 2. The molecule has 0 amide bonds. The van der Waals surface area contributed by atoms with E-state index in [1.54, 1.807) is 0 Å². The van der Waals surface area contributed by atoms with Crippen LogP contribution in [0.1, 0.15) is 36.1 Å². The minimum atomic E-state index is -0.149. The van der Waals surface area contributed by atoms with Gasteiger partial charge in [-0.15, -0.1) is 16.7 Å². The Morgan fingerprint density at radius 1 is 1.54 bits per heavy atom. The number of aromatic nitrogens is 2. The molecule has 0 spiro atoms. The zero-order valence-electron chi connectivity index (χ0n) is 7.80. The van der Waals surface area contributed by atoms with E-state index in [0.29, 0.717) is 4.88 Å². The quantitative estimate of drug-likeness (QED) is 0.565. The molecule has 13 heavy (non-hydrogen) atoms. The van der Waals surface area contributed by atoms with E-state index < -0.39 is 0 Å². The van der Waals surface area contributed by atoms with Crippen molar-refractivity contribution in [3.8, 4) is 0 Å². The molecular weight excluding hydrogens is 208 g/mol. The Kier molecular flexibility index (Phi) is 3.03. The lowest BCUT2D eigenvalue weighted by atomic mass is 9.91. The van der Waals surface area contributed by atoms with Crippen molar-refractivity contribution in [2.45, 2.75) is 26.2 Å². The number of halogens is 1. The molecule has 0 fully saturated rings. The molecule has 1 aromatic heterocycles. The molecule has 0 aliphatic carbocycles. The summed E-state index contributed by atoms with van der Waals surface area (Å²) in [6.45, 7) is 5.98. The van der Waals surface area contributed by atoms with Gasteiger partial charge >= 0.3 is 0 Å². The van der Waals surface area contributed by atoms with Gasteiger partial charge in [0.1, 0.15) is 4.88 Å². The Labute approximate surface area is 86.3 Å². The van der Waals surface area contributed by atoms with Crippen LogP contribution in [0, 0.1) is 0 Å². The second kappa shape index (κ2) is 3.72. The van der Waals surface area contributed by atoms with E-state index in [9.17, 15) is 4.79 Å². The van der Waals surface area contributed by atoms with Crippen molar-refractivity contribution in [1.82, 2.24) is 9.59 Å². The van der Waals surface area contributed by atoms with Crippen LogP contribution in [-0.4, -0.2) is 21.3 Å². The predicted octanol–water partition coefficient (Wildman–Crippen LogP) is 2.26. The lowest BCUT2D eigenvalue weighted by Gasteiger charge is -2.15. The van der Waals surface area contributed by atoms with E-state index in [1.807, 2.05) is 20.8 Å². The van der Waals surface area contributed by atoms with Gasteiger partial charge < -0.3 is 0 Å². The van der Waals surface area contributed by atoms with Gasteiger partial charge in [0.25, 0.3) is 0 Å². The number of ketones is 1. The molecule has 0 saturated carbocycles. The molecule has 1 heterocycles. The van der Waals surface area contributed by atoms with Crippen LogP contribution in [0.5, 0.6) is 0 Å². The summed E-state index contributed by atoms with van der Waals surface area (Å²) in [6.07, 6.45) is 0. The third kappa shape index (κ3) is 2.25. The number of hydrogen-bond donors (Lipinski definition) is 0. The topological polar surface area (TPSA) is 42.9 Å². The van der Waals surface area contributed by atoms with Crippen molar-refractivity contribution in [3.05, 3.63) is 10.6 Å². The lowest BCUT2D eigenvalue weighted by molar-refractivity contribution is 0.102. The maximum atomic E-state index is 11.3. The third-order valence-corrected chi connectivity index (χ3v) is 2.58. The molecule has 1 aromatic rings. The summed E-state index contributed by atoms with van der Waals surface area (Å²) in [5, 5.41) is 3.95. The highest BCUT2D eigenvalue weighted by atomic mass is 35.5. The summed E-state index contributed by atoms with van der Waals surface area (Å²) < 4.78 is 3.77. The molecular formula is C8H11ClN2OS. The first-order valence-electron chi connectivity index (χ1n) is 3.89. The Hall–Kier alpha value is -0.480. The van der Waals surface area contributed by atoms with Gasteiger partial charge in [-0.2, -0.15) is 0 Å². The van der Waals surface area contributed by atoms with Crippen LogP contribution >= 0.6 is 23.1 Å². The van der Waals surface area contributed by atoms with E-state index in [2.05, 4.69) is 9.59 Å². The summed E-state index contributed by atoms with van der Waals surface area (Å²) >= 11 is 6.58. The fourth-order valence-corrected chi connectivity index (χ4v) is 1.95. The highest BCUT2D eigenvalue weighted by molar-refractivity contribution is 7.08. The van der Waals surface area contributed by atoms with Crippen molar-refractivity contribution in [2.75, 3.05) is 5.88 Å². The van der Waals surface area contributed by atoms with E-state index in [4.69, 9.17) is 11.6 Å². The van der Waals surface area contributed by atoms with Gasteiger partial charge in [-0.3, -0.25) is 4.79 Å². The van der Waals surface area contributed by atoms with Gasteiger partial charge in [0.2, 0.25) is 0 Å². The monoisotopic (exact) mass is 218 g/mol. The largest absolute Gasteiger partial charge is 0.292 e. The first-order chi connectivity index (χ1) is 5.96. The molecule has 0 aromatic carbocycles. The Balaban J connectivity index is 3.10. The molecule has 3 nitrogen and oxygen atoms in total. The van der Waals surface area contributed by atoms with Gasteiger partial charge in [0, 0.05) is 5.41 Å². The van der Waals surface area contributed by atoms with Gasteiger partial charge in [0.05, 0.1) is 11.6 Å². The Bertz CT molecular complexity index is 316. The normalized spacial score (nSPS) is 11.7. The molecule has 1 rings (SSSR count). The summed E-state index contributed by atoms with van der Waals surface area (Å²) in [5.41, 5.74) is 0.590. The number of carbonyl (C=O) groups is 1. The van der Waals surface area contributed by atoms with Crippen LogP contribution < -0.4 is 0 Å². The maximum Gasteiger partial charge on any atom is 0.191 e. The second-order valence-electron chi connectivity index (χ2n) is 3.76.